The Labute approximate surface area is 352 Å². The number of allylic oxidation sites excluding steroid dienone is 8. The van der Waals surface area contributed by atoms with Crippen LogP contribution in [0.5, 0.6) is 0 Å². The van der Waals surface area contributed by atoms with Gasteiger partial charge in [-0.2, -0.15) is 0 Å². The Morgan fingerprint density at radius 1 is 0.351 bits per heavy atom. The van der Waals surface area contributed by atoms with Crippen LogP contribution in [0.2, 0.25) is 0 Å². The van der Waals surface area contributed by atoms with Gasteiger partial charge in [-0.25, -0.2) is 0 Å². The third-order valence-electron chi connectivity index (χ3n) is 10.3. The maximum atomic E-state index is 12.7. The van der Waals surface area contributed by atoms with Crippen molar-refractivity contribution in [1.29, 1.82) is 0 Å². The van der Waals surface area contributed by atoms with E-state index in [1.54, 1.807) is 0 Å². The minimum Gasteiger partial charge on any atom is -0.462 e. The molecule has 0 rings (SSSR count). The van der Waals surface area contributed by atoms with Crippen LogP contribution < -0.4 is 0 Å². The zero-order chi connectivity index (χ0) is 41.5. The first-order chi connectivity index (χ1) is 28.0. The molecule has 0 aliphatic heterocycles. The lowest BCUT2D eigenvalue weighted by Gasteiger charge is -2.18. The number of carbonyl (C=O) groups excluding carboxylic acids is 3. The van der Waals surface area contributed by atoms with Crippen molar-refractivity contribution in [2.45, 2.75) is 245 Å². The summed E-state index contributed by atoms with van der Waals surface area (Å²) in [5.41, 5.74) is 0. The number of ether oxygens (including phenoxy) is 3. The van der Waals surface area contributed by atoms with E-state index in [1.165, 1.54) is 141 Å². The third kappa shape index (κ3) is 44.3. The molecule has 0 aliphatic rings. The van der Waals surface area contributed by atoms with E-state index in [2.05, 4.69) is 63.3 Å². The zero-order valence-electron chi connectivity index (χ0n) is 37.6. The Bertz CT molecular complexity index is 1010. The summed E-state index contributed by atoms with van der Waals surface area (Å²) in [7, 11) is 0. The van der Waals surface area contributed by atoms with Crippen LogP contribution in [0.3, 0.4) is 0 Å². The van der Waals surface area contributed by atoms with Crippen molar-refractivity contribution < 1.29 is 28.6 Å². The fourth-order valence-electron chi connectivity index (χ4n) is 6.61. The largest absolute Gasteiger partial charge is 0.462 e. The van der Waals surface area contributed by atoms with Crippen molar-refractivity contribution in [2.75, 3.05) is 13.2 Å². The predicted molar refractivity (Wildman–Crippen MR) is 242 cm³/mol. The Hall–Kier alpha value is -2.63. The summed E-state index contributed by atoms with van der Waals surface area (Å²) in [6.45, 7) is 6.51. The molecule has 1 atom stereocenters. The molecule has 0 aromatic carbocycles. The number of carbonyl (C=O) groups is 3. The second-order valence-electron chi connectivity index (χ2n) is 16.0. The molecule has 0 saturated carbocycles. The van der Waals surface area contributed by atoms with Gasteiger partial charge >= 0.3 is 17.9 Å². The van der Waals surface area contributed by atoms with E-state index in [0.29, 0.717) is 25.7 Å². The summed E-state index contributed by atoms with van der Waals surface area (Å²) in [4.78, 5) is 37.7. The third-order valence-corrected chi connectivity index (χ3v) is 10.3. The number of hydrogen-bond donors (Lipinski definition) is 0. The SMILES string of the molecule is CCCCCC/C=C\CCCC(=O)OCC(COC(=O)CCCCCCCCC/C=C\CCCCCCCC)OC(=O)CC/C=C\C/C=C\CCCCCCCC. The van der Waals surface area contributed by atoms with Gasteiger partial charge in [-0.05, 0) is 83.5 Å². The van der Waals surface area contributed by atoms with Gasteiger partial charge in [0.05, 0.1) is 0 Å². The summed E-state index contributed by atoms with van der Waals surface area (Å²) in [6, 6.07) is 0. The highest BCUT2D eigenvalue weighted by molar-refractivity contribution is 5.71. The Morgan fingerprint density at radius 3 is 1.14 bits per heavy atom. The van der Waals surface area contributed by atoms with Gasteiger partial charge in [0, 0.05) is 19.3 Å². The van der Waals surface area contributed by atoms with Crippen LogP contribution in [-0.2, 0) is 28.6 Å². The van der Waals surface area contributed by atoms with E-state index in [1.807, 2.05) is 6.08 Å². The van der Waals surface area contributed by atoms with Gasteiger partial charge < -0.3 is 14.2 Å². The molecule has 0 spiro atoms. The van der Waals surface area contributed by atoms with E-state index in [0.717, 1.165) is 44.9 Å². The van der Waals surface area contributed by atoms with Crippen molar-refractivity contribution in [1.82, 2.24) is 0 Å². The molecular weight excluding hydrogens is 709 g/mol. The van der Waals surface area contributed by atoms with Crippen LogP contribution >= 0.6 is 0 Å². The molecule has 57 heavy (non-hydrogen) atoms. The van der Waals surface area contributed by atoms with E-state index in [9.17, 15) is 14.4 Å². The number of rotatable bonds is 43. The fourth-order valence-corrected chi connectivity index (χ4v) is 6.61. The highest BCUT2D eigenvalue weighted by Gasteiger charge is 2.19. The second-order valence-corrected chi connectivity index (χ2v) is 16.0. The highest BCUT2D eigenvalue weighted by atomic mass is 16.6. The van der Waals surface area contributed by atoms with Gasteiger partial charge in [-0.1, -0.05) is 185 Å². The van der Waals surface area contributed by atoms with Crippen LogP contribution in [0.15, 0.2) is 48.6 Å². The number of hydrogen-bond acceptors (Lipinski definition) is 6. The van der Waals surface area contributed by atoms with E-state index in [-0.39, 0.29) is 37.5 Å². The first kappa shape index (κ1) is 54.4. The van der Waals surface area contributed by atoms with Crippen molar-refractivity contribution in [3.05, 3.63) is 48.6 Å². The average Bonchev–Trinajstić information content (AvgIpc) is 3.21. The smallest absolute Gasteiger partial charge is 0.306 e. The number of unbranched alkanes of at least 4 members (excludes halogenated alkanes) is 24. The molecule has 0 radical (unpaired) electrons. The monoisotopic (exact) mass is 799 g/mol. The normalized spacial score (nSPS) is 12.4. The molecule has 0 aromatic rings. The summed E-state index contributed by atoms with van der Waals surface area (Å²) in [5, 5.41) is 0. The standard InChI is InChI=1S/C51H90O6/c1-4-7-10-13-16-19-21-23-24-25-26-28-29-32-35-38-41-44-50(53)56-47-48(46-55-49(52)43-40-37-34-31-18-15-12-9-6-3)57-51(54)45-42-39-36-33-30-27-22-20-17-14-11-8-5-2/h23-24,27,30-31,34,36,39,48H,4-22,25-26,28-29,32-33,35,37-38,40-47H2,1-3H3/b24-23-,30-27-,34-31-,39-36-. The molecule has 0 aliphatic carbocycles. The highest BCUT2D eigenvalue weighted by Crippen LogP contribution is 2.13. The molecule has 0 aromatic heterocycles. The Kier molecular flexibility index (Phi) is 43.9. The van der Waals surface area contributed by atoms with Crippen molar-refractivity contribution in [3.8, 4) is 0 Å². The lowest BCUT2D eigenvalue weighted by Crippen LogP contribution is -2.30. The van der Waals surface area contributed by atoms with Crippen LogP contribution in [0.25, 0.3) is 0 Å². The maximum absolute atomic E-state index is 12.7. The fraction of sp³-hybridized carbons (Fsp3) is 0.784. The van der Waals surface area contributed by atoms with Gasteiger partial charge in [0.15, 0.2) is 6.10 Å². The zero-order valence-corrected chi connectivity index (χ0v) is 37.6. The number of esters is 3. The molecule has 0 N–H and O–H groups in total. The van der Waals surface area contributed by atoms with Crippen LogP contribution in [-0.4, -0.2) is 37.2 Å². The lowest BCUT2D eigenvalue weighted by atomic mass is 10.1. The summed E-state index contributed by atoms with van der Waals surface area (Å²) >= 11 is 0. The second kappa shape index (κ2) is 46.1. The van der Waals surface area contributed by atoms with Gasteiger partial charge in [-0.15, -0.1) is 0 Å². The molecule has 0 saturated heterocycles. The topological polar surface area (TPSA) is 78.9 Å². The van der Waals surface area contributed by atoms with Crippen LogP contribution in [0.1, 0.15) is 239 Å². The molecule has 330 valence electrons. The lowest BCUT2D eigenvalue weighted by molar-refractivity contribution is -0.166. The molecule has 6 nitrogen and oxygen atoms in total. The van der Waals surface area contributed by atoms with Gasteiger partial charge in [0.25, 0.3) is 0 Å². The van der Waals surface area contributed by atoms with E-state index < -0.39 is 6.10 Å². The van der Waals surface area contributed by atoms with Gasteiger partial charge in [0.1, 0.15) is 13.2 Å². The molecule has 6 heteroatoms. The van der Waals surface area contributed by atoms with E-state index >= 15 is 0 Å². The summed E-state index contributed by atoms with van der Waals surface area (Å²) in [5.74, 6) is -1.01. The summed E-state index contributed by atoms with van der Waals surface area (Å²) in [6.07, 6.45) is 54.0. The Morgan fingerprint density at radius 2 is 0.684 bits per heavy atom. The quantitative estimate of drug-likeness (QED) is 0.0265. The summed E-state index contributed by atoms with van der Waals surface area (Å²) < 4.78 is 16.6. The predicted octanol–water partition coefficient (Wildman–Crippen LogP) is 15.5. The first-order valence-electron chi connectivity index (χ1n) is 24.1. The molecular formula is C51H90O6. The average molecular weight is 799 g/mol. The van der Waals surface area contributed by atoms with Crippen LogP contribution in [0, 0.1) is 0 Å². The van der Waals surface area contributed by atoms with Crippen molar-refractivity contribution >= 4 is 17.9 Å². The van der Waals surface area contributed by atoms with Gasteiger partial charge in [-0.3, -0.25) is 14.4 Å². The van der Waals surface area contributed by atoms with Gasteiger partial charge in [0.2, 0.25) is 0 Å². The minimum absolute atomic E-state index is 0.106. The molecule has 0 amide bonds. The van der Waals surface area contributed by atoms with Crippen molar-refractivity contribution in [3.63, 3.8) is 0 Å². The molecule has 1 unspecified atom stereocenters. The minimum atomic E-state index is -0.812. The molecule has 0 fully saturated rings. The maximum Gasteiger partial charge on any atom is 0.306 e. The molecule has 0 heterocycles. The van der Waals surface area contributed by atoms with Crippen molar-refractivity contribution in [2.24, 2.45) is 0 Å². The molecule has 0 bridgehead atoms. The van der Waals surface area contributed by atoms with E-state index in [4.69, 9.17) is 14.2 Å². The first-order valence-corrected chi connectivity index (χ1v) is 24.1. The Balaban J connectivity index is 4.40. The van der Waals surface area contributed by atoms with Crippen LogP contribution in [0.4, 0.5) is 0 Å².